The first kappa shape index (κ1) is 14.6. The van der Waals surface area contributed by atoms with Crippen molar-refractivity contribution >= 4 is 39.7 Å². The largest absolute Gasteiger partial charge is 0.497 e. The molecule has 1 heterocycles. The first-order valence-corrected chi connectivity index (χ1v) is 6.91. The van der Waals surface area contributed by atoms with Gasteiger partial charge in [0.15, 0.2) is 15.2 Å². The van der Waals surface area contributed by atoms with E-state index in [2.05, 4.69) is 15.0 Å². The van der Waals surface area contributed by atoms with E-state index in [9.17, 15) is 4.79 Å². The number of halogens is 1. The van der Waals surface area contributed by atoms with Gasteiger partial charge in [0, 0.05) is 5.69 Å². The van der Waals surface area contributed by atoms with Crippen LogP contribution in [-0.4, -0.2) is 25.2 Å². The van der Waals surface area contributed by atoms with Crippen LogP contribution in [0.4, 0.5) is 10.8 Å². The number of carbonyl (C=O) groups is 1. The Morgan fingerprint density at radius 1 is 1.40 bits per heavy atom. The standard InChI is InChI=1S/C13H13ClN2O3S/c1-7-6-8(18-2)4-5-9(7)15-13-16-11(14)10(20-13)12(17)19-3/h4-6H,1-3H3,(H,15,16). The number of ether oxygens (including phenoxy) is 2. The summed E-state index contributed by atoms with van der Waals surface area (Å²) in [6.45, 7) is 1.95. The normalized spacial score (nSPS) is 10.2. The number of esters is 1. The van der Waals surface area contributed by atoms with Crippen LogP contribution in [0.15, 0.2) is 18.2 Å². The minimum atomic E-state index is -0.494. The highest BCUT2D eigenvalue weighted by Crippen LogP contribution is 2.31. The molecule has 0 aliphatic rings. The summed E-state index contributed by atoms with van der Waals surface area (Å²) in [5.41, 5.74) is 1.86. The second kappa shape index (κ2) is 6.11. The second-order valence-electron chi connectivity index (χ2n) is 3.94. The fourth-order valence-corrected chi connectivity index (χ4v) is 2.71. The third kappa shape index (κ3) is 3.02. The Morgan fingerprint density at radius 3 is 2.75 bits per heavy atom. The van der Waals surface area contributed by atoms with Gasteiger partial charge in [-0.2, -0.15) is 0 Å². The summed E-state index contributed by atoms with van der Waals surface area (Å²) in [7, 11) is 2.92. The zero-order valence-electron chi connectivity index (χ0n) is 11.2. The van der Waals surface area contributed by atoms with Crippen molar-refractivity contribution in [2.75, 3.05) is 19.5 Å². The predicted octanol–water partition coefficient (Wildman–Crippen LogP) is 3.64. The van der Waals surface area contributed by atoms with Gasteiger partial charge in [-0.15, -0.1) is 0 Å². The predicted molar refractivity (Wildman–Crippen MR) is 79.5 cm³/mol. The minimum absolute atomic E-state index is 0.135. The number of aryl methyl sites for hydroxylation is 1. The lowest BCUT2D eigenvalue weighted by molar-refractivity contribution is 0.0606. The molecule has 1 N–H and O–H groups in total. The maximum Gasteiger partial charge on any atom is 0.351 e. The molecule has 1 aromatic heterocycles. The molecule has 0 aliphatic carbocycles. The number of nitrogens with zero attached hydrogens (tertiary/aromatic N) is 1. The summed E-state index contributed by atoms with van der Waals surface area (Å²) in [4.78, 5) is 15.8. The Bertz CT molecular complexity index is 643. The lowest BCUT2D eigenvalue weighted by Gasteiger charge is -2.08. The van der Waals surface area contributed by atoms with Crippen LogP contribution >= 0.6 is 22.9 Å². The van der Waals surface area contributed by atoms with Crippen LogP contribution in [-0.2, 0) is 4.74 Å². The van der Waals surface area contributed by atoms with Crippen LogP contribution in [0.2, 0.25) is 5.15 Å². The fourth-order valence-electron chi connectivity index (χ4n) is 1.59. The third-order valence-corrected chi connectivity index (χ3v) is 3.97. The quantitative estimate of drug-likeness (QED) is 0.873. The van der Waals surface area contributed by atoms with E-state index in [-0.39, 0.29) is 10.0 Å². The van der Waals surface area contributed by atoms with Gasteiger partial charge >= 0.3 is 5.97 Å². The van der Waals surface area contributed by atoms with Crippen molar-refractivity contribution in [1.82, 2.24) is 4.98 Å². The number of nitrogens with one attached hydrogen (secondary N) is 1. The average molecular weight is 313 g/mol. The van der Waals surface area contributed by atoms with Gasteiger partial charge in [0.25, 0.3) is 0 Å². The molecule has 1 aromatic carbocycles. The first-order chi connectivity index (χ1) is 9.55. The highest BCUT2D eigenvalue weighted by Gasteiger charge is 2.17. The molecule has 20 heavy (non-hydrogen) atoms. The van der Waals surface area contributed by atoms with Crippen LogP contribution in [0.1, 0.15) is 15.2 Å². The molecule has 0 spiro atoms. The Morgan fingerprint density at radius 2 is 2.15 bits per heavy atom. The number of hydrogen-bond donors (Lipinski definition) is 1. The number of thiazole rings is 1. The van der Waals surface area contributed by atoms with E-state index in [1.165, 1.54) is 7.11 Å². The van der Waals surface area contributed by atoms with Gasteiger partial charge in [-0.25, -0.2) is 9.78 Å². The summed E-state index contributed by atoms with van der Waals surface area (Å²) in [6.07, 6.45) is 0. The Kier molecular flexibility index (Phi) is 4.46. The van der Waals surface area contributed by atoms with Crippen molar-refractivity contribution in [1.29, 1.82) is 0 Å². The molecule has 106 valence electrons. The average Bonchev–Trinajstić information content (AvgIpc) is 2.81. The molecule has 0 unspecified atom stereocenters. The molecular weight excluding hydrogens is 300 g/mol. The Hall–Kier alpha value is -1.79. The van der Waals surface area contributed by atoms with Crippen molar-refractivity contribution in [2.24, 2.45) is 0 Å². The van der Waals surface area contributed by atoms with Gasteiger partial charge in [0.05, 0.1) is 14.2 Å². The van der Waals surface area contributed by atoms with E-state index in [1.54, 1.807) is 7.11 Å². The number of carbonyl (C=O) groups excluding carboxylic acids is 1. The number of aromatic nitrogens is 1. The summed E-state index contributed by atoms with van der Waals surface area (Å²) < 4.78 is 9.78. The number of rotatable bonds is 4. The Balaban J connectivity index is 2.24. The molecule has 0 saturated carbocycles. The van der Waals surface area contributed by atoms with Crippen LogP contribution in [0, 0.1) is 6.92 Å². The van der Waals surface area contributed by atoms with Crippen LogP contribution in [0.3, 0.4) is 0 Å². The number of hydrogen-bond acceptors (Lipinski definition) is 6. The van der Waals surface area contributed by atoms with Crippen LogP contribution < -0.4 is 10.1 Å². The lowest BCUT2D eigenvalue weighted by Crippen LogP contribution is -1.98. The molecule has 0 aliphatic heterocycles. The van der Waals surface area contributed by atoms with Gasteiger partial charge in [-0.1, -0.05) is 22.9 Å². The topological polar surface area (TPSA) is 60.5 Å². The maximum absolute atomic E-state index is 11.5. The van der Waals surface area contributed by atoms with Crippen molar-refractivity contribution in [3.8, 4) is 5.75 Å². The zero-order chi connectivity index (χ0) is 14.7. The van der Waals surface area contributed by atoms with Crippen molar-refractivity contribution in [3.63, 3.8) is 0 Å². The van der Waals surface area contributed by atoms with Crippen molar-refractivity contribution in [2.45, 2.75) is 6.92 Å². The van der Waals surface area contributed by atoms with Gasteiger partial charge in [0.1, 0.15) is 5.75 Å². The van der Waals surface area contributed by atoms with E-state index in [0.717, 1.165) is 28.3 Å². The summed E-state index contributed by atoms with van der Waals surface area (Å²) in [5, 5.41) is 3.79. The molecule has 0 amide bonds. The van der Waals surface area contributed by atoms with E-state index >= 15 is 0 Å². The van der Waals surface area contributed by atoms with Gasteiger partial charge in [-0.3, -0.25) is 0 Å². The first-order valence-electron chi connectivity index (χ1n) is 5.71. The molecule has 2 aromatic rings. The van der Waals surface area contributed by atoms with Crippen molar-refractivity contribution < 1.29 is 14.3 Å². The Labute approximate surface area is 125 Å². The molecule has 7 heteroatoms. The molecule has 2 rings (SSSR count). The lowest BCUT2D eigenvalue weighted by atomic mass is 10.2. The minimum Gasteiger partial charge on any atom is -0.497 e. The second-order valence-corrected chi connectivity index (χ2v) is 5.29. The zero-order valence-corrected chi connectivity index (χ0v) is 12.8. The highest BCUT2D eigenvalue weighted by molar-refractivity contribution is 7.18. The van der Waals surface area contributed by atoms with Crippen molar-refractivity contribution in [3.05, 3.63) is 33.8 Å². The number of methoxy groups -OCH3 is 2. The molecule has 0 radical (unpaired) electrons. The molecule has 5 nitrogen and oxygen atoms in total. The maximum atomic E-state index is 11.5. The number of benzene rings is 1. The number of anilines is 2. The van der Waals surface area contributed by atoms with E-state index < -0.39 is 5.97 Å². The fraction of sp³-hybridized carbons (Fsp3) is 0.231. The van der Waals surface area contributed by atoms with Gasteiger partial charge in [0.2, 0.25) is 0 Å². The van der Waals surface area contributed by atoms with E-state index in [1.807, 2.05) is 25.1 Å². The summed E-state index contributed by atoms with van der Waals surface area (Å²) >= 11 is 7.06. The molecule has 0 atom stereocenters. The van der Waals surface area contributed by atoms with Crippen LogP contribution in [0.5, 0.6) is 5.75 Å². The van der Waals surface area contributed by atoms with Crippen LogP contribution in [0.25, 0.3) is 0 Å². The highest BCUT2D eigenvalue weighted by atomic mass is 35.5. The smallest absolute Gasteiger partial charge is 0.351 e. The summed E-state index contributed by atoms with van der Waals surface area (Å²) in [5.74, 6) is 0.285. The molecule has 0 saturated heterocycles. The van der Waals surface area contributed by atoms with Gasteiger partial charge < -0.3 is 14.8 Å². The van der Waals surface area contributed by atoms with E-state index in [4.69, 9.17) is 16.3 Å². The molecule has 0 bridgehead atoms. The van der Waals surface area contributed by atoms with E-state index in [0.29, 0.717) is 5.13 Å². The SMILES string of the molecule is COC(=O)c1sc(Nc2ccc(OC)cc2C)nc1Cl. The molecular formula is C13H13ClN2O3S. The van der Waals surface area contributed by atoms with Gasteiger partial charge in [-0.05, 0) is 30.7 Å². The monoisotopic (exact) mass is 312 g/mol. The molecule has 0 fully saturated rings. The summed E-state index contributed by atoms with van der Waals surface area (Å²) in [6, 6.07) is 5.62. The third-order valence-electron chi connectivity index (χ3n) is 2.63.